The van der Waals surface area contributed by atoms with Crippen molar-refractivity contribution in [1.82, 2.24) is 5.32 Å². The molecule has 4 nitrogen and oxygen atoms in total. The van der Waals surface area contributed by atoms with Gasteiger partial charge in [-0.15, -0.1) is 0 Å². The van der Waals surface area contributed by atoms with Crippen molar-refractivity contribution in [1.29, 1.82) is 0 Å². The highest BCUT2D eigenvalue weighted by atomic mass is 16.5. The smallest absolute Gasteiger partial charge is 0.0642 e. The van der Waals surface area contributed by atoms with Crippen molar-refractivity contribution in [2.24, 2.45) is 5.41 Å². The van der Waals surface area contributed by atoms with E-state index in [1.54, 1.807) is 0 Å². The molecule has 2 unspecified atom stereocenters. The number of aliphatic hydroxyl groups is 1. The number of rotatable bonds is 7. The van der Waals surface area contributed by atoms with Crippen molar-refractivity contribution in [2.45, 2.75) is 46.3 Å². The SMILES string of the molecule is CC(O)CC(C)(C)CNC(C)c1ccc(N2CCOCC2)cc1. The van der Waals surface area contributed by atoms with Gasteiger partial charge in [0.25, 0.3) is 0 Å². The van der Waals surface area contributed by atoms with E-state index in [2.05, 4.69) is 55.3 Å². The second-order valence-corrected chi connectivity index (χ2v) is 7.51. The number of morpholine rings is 1. The Morgan fingerprint density at radius 2 is 1.78 bits per heavy atom. The Morgan fingerprint density at radius 3 is 2.35 bits per heavy atom. The minimum Gasteiger partial charge on any atom is -0.393 e. The van der Waals surface area contributed by atoms with Crippen LogP contribution in [0.2, 0.25) is 0 Å². The predicted molar refractivity (Wildman–Crippen MR) is 96.0 cm³/mol. The van der Waals surface area contributed by atoms with E-state index in [1.165, 1.54) is 11.3 Å². The third-order valence-electron chi connectivity index (χ3n) is 4.50. The number of ether oxygens (including phenoxy) is 1. The summed E-state index contributed by atoms with van der Waals surface area (Å²) in [6, 6.07) is 9.15. The average molecular weight is 320 g/mol. The molecule has 0 radical (unpaired) electrons. The first-order chi connectivity index (χ1) is 10.9. The van der Waals surface area contributed by atoms with Crippen LogP contribution in [0.15, 0.2) is 24.3 Å². The molecule has 0 aromatic heterocycles. The van der Waals surface area contributed by atoms with Crippen LogP contribution in [0.25, 0.3) is 0 Å². The summed E-state index contributed by atoms with van der Waals surface area (Å²) in [7, 11) is 0. The maximum Gasteiger partial charge on any atom is 0.0642 e. The van der Waals surface area contributed by atoms with Gasteiger partial charge in [-0.1, -0.05) is 26.0 Å². The molecule has 2 rings (SSSR count). The number of nitrogens with zero attached hydrogens (tertiary/aromatic N) is 1. The van der Waals surface area contributed by atoms with Gasteiger partial charge >= 0.3 is 0 Å². The summed E-state index contributed by atoms with van der Waals surface area (Å²) in [5.74, 6) is 0. The van der Waals surface area contributed by atoms with Crippen molar-refractivity contribution >= 4 is 5.69 Å². The topological polar surface area (TPSA) is 44.7 Å². The highest BCUT2D eigenvalue weighted by Crippen LogP contribution is 2.24. The standard InChI is InChI=1S/C19H32N2O2/c1-15(22)13-19(3,4)14-20-16(2)17-5-7-18(8-6-17)21-9-11-23-12-10-21/h5-8,15-16,20,22H,9-14H2,1-4H3. The Morgan fingerprint density at radius 1 is 1.17 bits per heavy atom. The van der Waals surface area contributed by atoms with Gasteiger partial charge < -0.3 is 20.1 Å². The fourth-order valence-corrected chi connectivity index (χ4v) is 3.21. The van der Waals surface area contributed by atoms with Gasteiger partial charge in [0.1, 0.15) is 0 Å². The van der Waals surface area contributed by atoms with E-state index in [4.69, 9.17) is 4.74 Å². The lowest BCUT2D eigenvalue weighted by Crippen LogP contribution is -2.36. The molecule has 1 aliphatic heterocycles. The monoisotopic (exact) mass is 320 g/mol. The molecule has 1 aliphatic rings. The van der Waals surface area contributed by atoms with Gasteiger partial charge in [-0.2, -0.15) is 0 Å². The fourth-order valence-electron chi connectivity index (χ4n) is 3.21. The Labute approximate surface area is 140 Å². The maximum absolute atomic E-state index is 9.58. The van der Waals surface area contributed by atoms with E-state index in [9.17, 15) is 5.11 Å². The normalized spacial score (nSPS) is 18.7. The van der Waals surface area contributed by atoms with Gasteiger partial charge in [0.2, 0.25) is 0 Å². The molecule has 2 N–H and O–H groups in total. The van der Waals surface area contributed by atoms with Gasteiger partial charge in [-0.25, -0.2) is 0 Å². The minimum absolute atomic E-state index is 0.0934. The van der Waals surface area contributed by atoms with E-state index >= 15 is 0 Å². The first-order valence-corrected chi connectivity index (χ1v) is 8.71. The Kier molecular flexibility index (Phi) is 6.45. The molecule has 4 heteroatoms. The quantitative estimate of drug-likeness (QED) is 0.811. The zero-order valence-electron chi connectivity index (χ0n) is 15.0. The molecule has 0 bridgehead atoms. The van der Waals surface area contributed by atoms with Gasteiger partial charge in [-0.05, 0) is 43.4 Å². The predicted octanol–water partition coefficient (Wildman–Crippen LogP) is 2.97. The van der Waals surface area contributed by atoms with Crippen LogP contribution in [0.1, 0.15) is 45.7 Å². The summed E-state index contributed by atoms with van der Waals surface area (Å²) in [4.78, 5) is 2.37. The highest BCUT2D eigenvalue weighted by molar-refractivity contribution is 5.48. The summed E-state index contributed by atoms with van der Waals surface area (Å²) in [6.45, 7) is 12.9. The third-order valence-corrected chi connectivity index (χ3v) is 4.50. The number of benzene rings is 1. The van der Waals surface area contributed by atoms with E-state index in [1.807, 2.05) is 6.92 Å². The molecule has 1 aromatic carbocycles. The lowest BCUT2D eigenvalue weighted by atomic mass is 9.86. The first kappa shape index (κ1) is 18.2. The average Bonchev–Trinajstić information content (AvgIpc) is 2.52. The van der Waals surface area contributed by atoms with Crippen molar-refractivity contribution in [3.63, 3.8) is 0 Å². The molecule has 1 aromatic rings. The lowest BCUT2D eigenvalue weighted by molar-refractivity contribution is 0.122. The van der Waals surface area contributed by atoms with E-state index in [0.717, 1.165) is 39.3 Å². The summed E-state index contributed by atoms with van der Waals surface area (Å²) >= 11 is 0. The van der Waals surface area contributed by atoms with Gasteiger partial charge in [0, 0.05) is 31.4 Å². The summed E-state index contributed by atoms with van der Waals surface area (Å²) in [6.07, 6.45) is 0.554. The van der Waals surface area contributed by atoms with Crippen LogP contribution in [0, 0.1) is 5.41 Å². The molecule has 23 heavy (non-hydrogen) atoms. The molecule has 2 atom stereocenters. The molecule has 130 valence electrons. The second kappa shape index (κ2) is 8.13. The van der Waals surface area contributed by atoms with Crippen molar-refractivity contribution < 1.29 is 9.84 Å². The molecule has 1 fully saturated rings. The number of hydrogen-bond acceptors (Lipinski definition) is 4. The molecular formula is C19H32N2O2. The van der Waals surface area contributed by atoms with Crippen LogP contribution in [0.4, 0.5) is 5.69 Å². The zero-order valence-corrected chi connectivity index (χ0v) is 15.0. The van der Waals surface area contributed by atoms with Crippen molar-refractivity contribution in [3.8, 4) is 0 Å². The van der Waals surface area contributed by atoms with Crippen molar-refractivity contribution in [2.75, 3.05) is 37.7 Å². The third kappa shape index (κ3) is 5.79. The second-order valence-electron chi connectivity index (χ2n) is 7.51. The van der Waals surface area contributed by atoms with Crippen LogP contribution in [0.5, 0.6) is 0 Å². The molecule has 0 aliphatic carbocycles. The van der Waals surface area contributed by atoms with Crippen LogP contribution in [0.3, 0.4) is 0 Å². The molecule has 1 heterocycles. The van der Waals surface area contributed by atoms with E-state index in [0.29, 0.717) is 6.04 Å². The summed E-state index contributed by atoms with van der Waals surface area (Å²) < 4.78 is 5.40. The minimum atomic E-state index is -0.255. The maximum atomic E-state index is 9.58. The number of aliphatic hydroxyl groups excluding tert-OH is 1. The Hall–Kier alpha value is -1.10. The van der Waals surface area contributed by atoms with E-state index in [-0.39, 0.29) is 11.5 Å². The van der Waals surface area contributed by atoms with Crippen LogP contribution in [-0.2, 0) is 4.74 Å². The van der Waals surface area contributed by atoms with Crippen molar-refractivity contribution in [3.05, 3.63) is 29.8 Å². The molecule has 1 saturated heterocycles. The molecule has 0 saturated carbocycles. The van der Waals surface area contributed by atoms with Crippen LogP contribution < -0.4 is 10.2 Å². The summed E-state index contributed by atoms with van der Waals surface area (Å²) in [5, 5.41) is 13.2. The number of anilines is 1. The molecular weight excluding hydrogens is 288 g/mol. The van der Waals surface area contributed by atoms with Gasteiger partial charge in [-0.3, -0.25) is 0 Å². The fraction of sp³-hybridized carbons (Fsp3) is 0.684. The largest absolute Gasteiger partial charge is 0.393 e. The van der Waals surface area contributed by atoms with E-state index < -0.39 is 0 Å². The Bertz CT molecular complexity index is 465. The Balaban J connectivity index is 1.88. The van der Waals surface area contributed by atoms with Crippen LogP contribution in [-0.4, -0.2) is 44.1 Å². The number of hydrogen-bond donors (Lipinski definition) is 2. The zero-order chi connectivity index (χ0) is 16.9. The lowest BCUT2D eigenvalue weighted by Gasteiger charge is -2.30. The molecule has 0 spiro atoms. The number of nitrogens with one attached hydrogen (secondary N) is 1. The molecule has 0 amide bonds. The summed E-state index contributed by atoms with van der Waals surface area (Å²) in [5.41, 5.74) is 2.67. The van der Waals surface area contributed by atoms with Crippen LogP contribution >= 0.6 is 0 Å². The van der Waals surface area contributed by atoms with Gasteiger partial charge in [0.15, 0.2) is 0 Å². The van der Waals surface area contributed by atoms with Gasteiger partial charge in [0.05, 0.1) is 19.3 Å². The first-order valence-electron chi connectivity index (χ1n) is 8.71. The highest BCUT2D eigenvalue weighted by Gasteiger charge is 2.21.